The fourth-order valence-electron chi connectivity index (χ4n) is 1.88. The van der Waals surface area contributed by atoms with Gasteiger partial charge in [0.25, 0.3) is 0 Å². The first-order valence-electron chi connectivity index (χ1n) is 5.14. The van der Waals surface area contributed by atoms with Gasteiger partial charge in [-0.25, -0.2) is 0 Å². The Bertz CT molecular complexity index is 298. The molecule has 1 atom stereocenters. The van der Waals surface area contributed by atoms with Crippen LogP contribution in [0.15, 0.2) is 24.3 Å². The molecule has 0 saturated carbocycles. The summed E-state index contributed by atoms with van der Waals surface area (Å²) in [5.74, 6) is 0. The second kappa shape index (κ2) is 5.12. The Kier molecular flexibility index (Phi) is 3.81. The molecule has 1 unspecified atom stereocenters. The summed E-state index contributed by atoms with van der Waals surface area (Å²) >= 11 is 2.41. The van der Waals surface area contributed by atoms with E-state index in [9.17, 15) is 0 Å². The highest BCUT2D eigenvalue weighted by Crippen LogP contribution is 2.20. The van der Waals surface area contributed by atoms with Gasteiger partial charge in [0.2, 0.25) is 0 Å². The van der Waals surface area contributed by atoms with Gasteiger partial charge in [0, 0.05) is 4.43 Å². The largest absolute Gasteiger partial charge is 0.373 e. The Morgan fingerprint density at radius 3 is 2.86 bits per heavy atom. The molecule has 1 aliphatic rings. The zero-order valence-electron chi connectivity index (χ0n) is 8.21. The number of aryl methyl sites for hydroxylation is 1. The second-order valence-electron chi connectivity index (χ2n) is 3.75. The van der Waals surface area contributed by atoms with Crippen LogP contribution in [0.25, 0.3) is 0 Å². The van der Waals surface area contributed by atoms with Crippen molar-refractivity contribution in [3.63, 3.8) is 0 Å². The maximum absolute atomic E-state index is 5.85. The Balaban J connectivity index is 2.13. The third-order valence-electron chi connectivity index (χ3n) is 2.74. The van der Waals surface area contributed by atoms with Crippen LogP contribution in [0.3, 0.4) is 0 Å². The minimum absolute atomic E-state index is 0.462. The lowest BCUT2D eigenvalue weighted by molar-refractivity contribution is 0.0479. The van der Waals surface area contributed by atoms with Crippen LogP contribution < -0.4 is 0 Å². The molecule has 76 valence electrons. The smallest absolute Gasteiger partial charge is 0.0723 e. The van der Waals surface area contributed by atoms with E-state index in [2.05, 4.69) is 46.9 Å². The monoisotopic (exact) mass is 302 g/mol. The van der Waals surface area contributed by atoms with Crippen LogP contribution in [-0.4, -0.2) is 10.5 Å². The first kappa shape index (κ1) is 10.4. The first-order chi connectivity index (χ1) is 6.90. The number of halogens is 1. The van der Waals surface area contributed by atoms with Crippen LogP contribution in [0, 0.1) is 0 Å². The highest BCUT2D eigenvalue weighted by molar-refractivity contribution is 14.1. The lowest BCUT2D eigenvalue weighted by atomic mass is 10.00. The van der Waals surface area contributed by atoms with Crippen LogP contribution in [0.5, 0.6) is 0 Å². The average Bonchev–Trinajstić information content (AvgIpc) is 2.19. The molecule has 0 amide bonds. The molecule has 0 bridgehead atoms. The molecule has 2 rings (SSSR count). The lowest BCUT2D eigenvalue weighted by Gasteiger charge is -2.20. The van der Waals surface area contributed by atoms with Crippen molar-refractivity contribution < 1.29 is 4.74 Å². The summed E-state index contributed by atoms with van der Waals surface area (Å²) < 4.78 is 6.96. The van der Waals surface area contributed by atoms with Crippen molar-refractivity contribution in [3.8, 4) is 0 Å². The summed E-state index contributed by atoms with van der Waals surface area (Å²) in [4.78, 5) is 0. The standard InChI is InChI=1S/C12H15IO/c13-8-12-7-3-6-10-4-1-2-5-11(10)9-14-12/h1-2,4-5,12H,3,6-9H2. The third kappa shape index (κ3) is 2.48. The number of rotatable bonds is 1. The molecule has 0 spiro atoms. The van der Waals surface area contributed by atoms with Gasteiger partial charge in [0.15, 0.2) is 0 Å². The van der Waals surface area contributed by atoms with Gasteiger partial charge < -0.3 is 4.74 Å². The Morgan fingerprint density at radius 2 is 2.07 bits per heavy atom. The topological polar surface area (TPSA) is 9.23 Å². The molecule has 2 heteroatoms. The van der Waals surface area contributed by atoms with E-state index in [1.807, 2.05) is 0 Å². The number of hydrogen-bond acceptors (Lipinski definition) is 1. The minimum atomic E-state index is 0.462. The molecule has 1 aromatic rings. The maximum atomic E-state index is 5.85. The molecule has 0 N–H and O–H groups in total. The van der Waals surface area contributed by atoms with Gasteiger partial charge in [-0.15, -0.1) is 0 Å². The van der Waals surface area contributed by atoms with Gasteiger partial charge in [-0.3, -0.25) is 0 Å². The molecule has 0 radical (unpaired) electrons. The van der Waals surface area contributed by atoms with Crippen LogP contribution in [0.1, 0.15) is 24.0 Å². The Labute approximate surface area is 99.0 Å². The van der Waals surface area contributed by atoms with E-state index in [1.165, 1.54) is 30.4 Å². The van der Waals surface area contributed by atoms with Gasteiger partial charge in [0.05, 0.1) is 12.7 Å². The van der Waals surface area contributed by atoms with Crippen molar-refractivity contribution in [2.24, 2.45) is 0 Å². The fraction of sp³-hybridized carbons (Fsp3) is 0.500. The normalized spacial score (nSPS) is 22.2. The van der Waals surface area contributed by atoms with Gasteiger partial charge in [-0.05, 0) is 30.4 Å². The first-order valence-corrected chi connectivity index (χ1v) is 6.67. The van der Waals surface area contributed by atoms with Gasteiger partial charge in [-0.1, -0.05) is 46.9 Å². The highest BCUT2D eigenvalue weighted by Gasteiger charge is 2.12. The predicted molar refractivity (Wildman–Crippen MR) is 66.8 cm³/mol. The molecule has 1 aromatic carbocycles. The van der Waals surface area contributed by atoms with Crippen LogP contribution in [-0.2, 0) is 17.8 Å². The molecule has 1 nitrogen and oxygen atoms in total. The Morgan fingerprint density at radius 1 is 1.29 bits per heavy atom. The number of fused-ring (bicyclic) bond motifs is 1. The van der Waals surface area contributed by atoms with Gasteiger partial charge in [0.1, 0.15) is 0 Å². The van der Waals surface area contributed by atoms with E-state index in [4.69, 9.17) is 4.74 Å². The summed E-state index contributed by atoms with van der Waals surface area (Å²) in [6, 6.07) is 8.63. The van der Waals surface area contributed by atoms with Crippen molar-refractivity contribution in [1.82, 2.24) is 0 Å². The Hall–Kier alpha value is -0.0900. The van der Waals surface area contributed by atoms with E-state index in [0.717, 1.165) is 11.0 Å². The fourth-order valence-corrected chi connectivity index (χ4v) is 2.57. The molecular formula is C12H15IO. The van der Waals surface area contributed by atoms with Crippen molar-refractivity contribution in [2.45, 2.75) is 32.0 Å². The lowest BCUT2D eigenvalue weighted by Crippen LogP contribution is -2.17. The van der Waals surface area contributed by atoms with Crippen LogP contribution in [0.4, 0.5) is 0 Å². The molecular weight excluding hydrogens is 287 g/mol. The molecule has 1 heterocycles. The second-order valence-corrected chi connectivity index (χ2v) is 4.63. The van der Waals surface area contributed by atoms with Crippen molar-refractivity contribution in [1.29, 1.82) is 0 Å². The summed E-state index contributed by atoms with van der Waals surface area (Å²) in [7, 11) is 0. The van der Waals surface area contributed by atoms with E-state index >= 15 is 0 Å². The molecule has 0 aromatic heterocycles. The van der Waals surface area contributed by atoms with Crippen molar-refractivity contribution >= 4 is 22.6 Å². The summed E-state index contributed by atoms with van der Waals surface area (Å²) in [6.07, 6.45) is 4.14. The summed E-state index contributed by atoms with van der Waals surface area (Å²) in [5.41, 5.74) is 2.85. The van der Waals surface area contributed by atoms with E-state index < -0.39 is 0 Å². The maximum Gasteiger partial charge on any atom is 0.0723 e. The summed E-state index contributed by atoms with van der Waals surface area (Å²) in [5, 5.41) is 0. The highest BCUT2D eigenvalue weighted by atomic mass is 127. The third-order valence-corrected chi connectivity index (χ3v) is 3.72. The number of alkyl halides is 1. The summed E-state index contributed by atoms with van der Waals surface area (Å²) in [6.45, 7) is 0.795. The van der Waals surface area contributed by atoms with E-state index in [1.54, 1.807) is 0 Å². The van der Waals surface area contributed by atoms with Crippen molar-refractivity contribution in [2.75, 3.05) is 4.43 Å². The molecule has 14 heavy (non-hydrogen) atoms. The van der Waals surface area contributed by atoms with Crippen molar-refractivity contribution in [3.05, 3.63) is 35.4 Å². The van der Waals surface area contributed by atoms with Gasteiger partial charge >= 0.3 is 0 Å². The van der Waals surface area contributed by atoms with E-state index in [-0.39, 0.29) is 0 Å². The number of ether oxygens (including phenoxy) is 1. The zero-order valence-corrected chi connectivity index (χ0v) is 10.4. The molecule has 1 aliphatic heterocycles. The average molecular weight is 302 g/mol. The molecule has 0 saturated heterocycles. The SMILES string of the molecule is ICC1CCCc2ccccc2CO1. The number of hydrogen-bond donors (Lipinski definition) is 0. The molecule has 0 aliphatic carbocycles. The minimum Gasteiger partial charge on any atom is -0.373 e. The predicted octanol–water partition coefficient (Wildman–Crippen LogP) is 3.34. The van der Waals surface area contributed by atoms with Gasteiger partial charge in [-0.2, -0.15) is 0 Å². The van der Waals surface area contributed by atoms with Crippen LogP contribution >= 0.6 is 22.6 Å². The van der Waals surface area contributed by atoms with E-state index in [0.29, 0.717) is 6.10 Å². The molecule has 0 fully saturated rings. The quantitative estimate of drug-likeness (QED) is 0.571. The zero-order chi connectivity index (χ0) is 9.80. The number of benzene rings is 1. The van der Waals surface area contributed by atoms with Crippen LogP contribution in [0.2, 0.25) is 0 Å².